The van der Waals surface area contributed by atoms with Gasteiger partial charge in [-0.05, 0) is 30.5 Å². The molecule has 0 saturated heterocycles. The van der Waals surface area contributed by atoms with Crippen LogP contribution in [0.4, 0.5) is 0 Å². The second-order valence-corrected chi connectivity index (χ2v) is 3.12. The first-order valence-corrected chi connectivity index (χ1v) is 4.88. The van der Waals surface area contributed by atoms with Gasteiger partial charge in [-0.2, -0.15) is 0 Å². The van der Waals surface area contributed by atoms with E-state index in [1.165, 1.54) is 11.1 Å². The number of fused-ring (bicyclic) bond motifs is 1. The van der Waals surface area contributed by atoms with Crippen molar-refractivity contribution in [1.29, 1.82) is 0 Å². The molecule has 1 aromatic carbocycles. The number of benzene rings is 1. The van der Waals surface area contributed by atoms with E-state index in [2.05, 4.69) is 11.1 Å². The van der Waals surface area contributed by atoms with E-state index >= 15 is 0 Å². The molecule has 2 heteroatoms. The van der Waals surface area contributed by atoms with Crippen LogP contribution in [0.25, 0.3) is 10.9 Å². The van der Waals surface area contributed by atoms with Gasteiger partial charge in [-0.15, -0.1) is 0 Å². The smallest absolute Gasteiger partial charge is 0.0470 e. The second-order valence-electron chi connectivity index (χ2n) is 2.68. The molecule has 0 aliphatic heterocycles. The topological polar surface area (TPSA) is 15.8 Å². The van der Waals surface area contributed by atoms with Gasteiger partial charge in [0.1, 0.15) is 0 Å². The average molecular weight is 196 g/mol. The number of aryl methyl sites for hydroxylation is 1. The highest BCUT2D eigenvalue weighted by Gasteiger charge is 1.96. The first-order chi connectivity index (χ1) is 6.25. The molecule has 0 aliphatic rings. The van der Waals surface area contributed by atoms with Gasteiger partial charge in [-0.1, -0.05) is 31.5 Å². The normalized spacial score (nSPS) is 9.54. The van der Waals surface area contributed by atoms with Gasteiger partial charge < -0.3 is 4.98 Å². The fourth-order valence-electron chi connectivity index (χ4n) is 1.24. The zero-order valence-electron chi connectivity index (χ0n) is 8.19. The summed E-state index contributed by atoms with van der Waals surface area (Å²) in [6.45, 7) is 6.04. The maximum atomic E-state index is 5.81. The number of aromatic nitrogens is 1. The van der Waals surface area contributed by atoms with Crippen molar-refractivity contribution in [3.63, 3.8) is 0 Å². The van der Waals surface area contributed by atoms with Crippen LogP contribution in [-0.2, 0) is 0 Å². The zero-order chi connectivity index (χ0) is 9.84. The summed E-state index contributed by atoms with van der Waals surface area (Å²) in [5.41, 5.74) is 2.28. The molecule has 0 saturated carbocycles. The van der Waals surface area contributed by atoms with Crippen molar-refractivity contribution < 1.29 is 0 Å². The van der Waals surface area contributed by atoms with Gasteiger partial charge in [0.2, 0.25) is 0 Å². The van der Waals surface area contributed by atoms with Crippen LogP contribution in [0.15, 0.2) is 24.3 Å². The molecule has 0 amide bonds. The van der Waals surface area contributed by atoms with Crippen LogP contribution in [0.5, 0.6) is 0 Å². The Hall–Kier alpha value is -0.950. The zero-order valence-corrected chi connectivity index (χ0v) is 8.94. The number of nitrogens with one attached hydrogen (secondary N) is 1. The summed E-state index contributed by atoms with van der Waals surface area (Å²) in [4.78, 5) is 3.21. The van der Waals surface area contributed by atoms with E-state index in [0.717, 1.165) is 10.5 Å². The molecular formula is C11H14ClN. The third-order valence-electron chi connectivity index (χ3n) is 1.72. The molecule has 0 atom stereocenters. The number of H-pyrrole nitrogens is 1. The second kappa shape index (κ2) is 4.33. The summed E-state index contributed by atoms with van der Waals surface area (Å²) in [7, 11) is 0. The number of halogens is 1. The molecule has 1 nitrogen and oxygen atoms in total. The van der Waals surface area contributed by atoms with E-state index in [1.54, 1.807) is 0 Å². The summed E-state index contributed by atoms with van der Waals surface area (Å²) in [5.74, 6) is 0. The maximum Gasteiger partial charge on any atom is 0.0470 e. The number of aromatic amines is 1. The third kappa shape index (κ3) is 2.25. The average Bonchev–Trinajstić information content (AvgIpc) is 2.48. The fraction of sp³-hybridized carbons (Fsp3) is 0.273. The molecule has 1 heterocycles. The van der Waals surface area contributed by atoms with Crippen LogP contribution in [0.1, 0.15) is 19.5 Å². The predicted octanol–water partition coefficient (Wildman–Crippen LogP) is 4.16. The first-order valence-electron chi connectivity index (χ1n) is 4.50. The highest BCUT2D eigenvalue weighted by Crippen LogP contribution is 2.19. The molecule has 1 N–H and O–H groups in total. The monoisotopic (exact) mass is 195 g/mol. The van der Waals surface area contributed by atoms with Crippen LogP contribution in [0.2, 0.25) is 5.02 Å². The Morgan fingerprint density at radius 1 is 1.15 bits per heavy atom. The lowest BCUT2D eigenvalue weighted by atomic mass is 10.2. The molecule has 0 spiro atoms. The summed E-state index contributed by atoms with van der Waals surface area (Å²) in [5, 5.41) is 1.99. The Morgan fingerprint density at radius 3 is 2.54 bits per heavy atom. The summed E-state index contributed by atoms with van der Waals surface area (Å²) in [6, 6.07) is 7.95. The Bertz CT molecular complexity index is 390. The number of hydrogen-bond acceptors (Lipinski definition) is 0. The largest absolute Gasteiger partial charge is 0.359 e. The lowest BCUT2D eigenvalue weighted by molar-refractivity contribution is 1.30. The van der Waals surface area contributed by atoms with Gasteiger partial charge in [0, 0.05) is 16.2 Å². The van der Waals surface area contributed by atoms with Gasteiger partial charge in [0.05, 0.1) is 0 Å². The van der Waals surface area contributed by atoms with Gasteiger partial charge in [-0.25, -0.2) is 0 Å². The summed E-state index contributed by atoms with van der Waals surface area (Å²) >= 11 is 5.81. The van der Waals surface area contributed by atoms with Gasteiger partial charge >= 0.3 is 0 Å². The minimum Gasteiger partial charge on any atom is -0.359 e. The molecule has 70 valence electrons. The molecule has 2 aromatic rings. The number of rotatable bonds is 0. The molecule has 0 fully saturated rings. The van der Waals surface area contributed by atoms with Crippen LogP contribution in [-0.4, -0.2) is 4.98 Å². The van der Waals surface area contributed by atoms with Crippen molar-refractivity contribution in [3.05, 3.63) is 35.0 Å². The van der Waals surface area contributed by atoms with Crippen molar-refractivity contribution in [2.24, 2.45) is 0 Å². The lowest BCUT2D eigenvalue weighted by Crippen LogP contribution is -1.67. The van der Waals surface area contributed by atoms with E-state index in [4.69, 9.17) is 11.6 Å². The molecule has 0 radical (unpaired) electrons. The van der Waals surface area contributed by atoms with E-state index in [9.17, 15) is 0 Å². The summed E-state index contributed by atoms with van der Waals surface area (Å²) in [6.07, 6.45) is 0. The molecular weight excluding hydrogens is 182 g/mol. The molecule has 2 rings (SSSR count). The SMILES string of the molecule is CC.Cc1cc2ccc(Cl)cc2[nH]1. The van der Waals surface area contributed by atoms with Crippen molar-refractivity contribution >= 4 is 22.5 Å². The minimum atomic E-state index is 0.777. The molecule has 13 heavy (non-hydrogen) atoms. The fourth-order valence-corrected chi connectivity index (χ4v) is 1.42. The Labute approximate surface area is 83.7 Å². The minimum absolute atomic E-state index is 0.777. The highest BCUT2D eigenvalue weighted by atomic mass is 35.5. The van der Waals surface area contributed by atoms with Gasteiger partial charge in [-0.3, -0.25) is 0 Å². The van der Waals surface area contributed by atoms with Crippen molar-refractivity contribution in [3.8, 4) is 0 Å². The van der Waals surface area contributed by atoms with E-state index in [-0.39, 0.29) is 0 Å². The molecule has 0 aliphatic carbocycles. The standard InChI is InChI=1S/C9H8ClN.C2H6/c1-6-4-7-2-3-8(10)5-9(7)11-6;1-2/h2-5,11H,1H3;1-2H3. The van der Waals surface area contributed by atoms with E-state index in [1.807, 2.05) is 39.0 Å². The van der Waals surface area contributed by atoms with E-state index in [0.29, 0.717) is 0 Å². The van der Waals surface area contributed by atoms with Gasteiger partial charge in [0.25, 0.3) is 0 Å². The lowest BCUT2D eigenvalue weighted by Gasteiger charge is -1.88. The third-order valence-corrected chi connectivity index (χ3v) is 1.95. The van der Waals surface area contributed by atoms with Crippen LogP contribution >= 0.6 is 11.6 Å². The Morgan fingerprint density at radius 2 is 1.85 bits per heavy atom. The number of hydrogen-bond donors (Lipinski definition) is 1. The van der Waals surface area contributed by atoms with Crippen molar-refractivity contribution in [1.82, 2.24) is 4.98 Å². The predicted molar refractivity (Wildman–Crippen MR) is 59.4 cm³/mol. The highest BCUT2D eigenvalue weighted by molar-refractivity contribution is 6.31. The van der Waals surface area contributed by atoms with Crippen LogP contribution < -0.4 is 0 Å². The van der Waals surface area contributed by atoms with Crippen molar-refractivity contribution in [2.75, 3.05) is 0 Å². The first kappa shape index (κ1) is 10.1. The van der Waals surface area contributed by atoms with E-state index < -0.39 is 0 Å². The Kier molecular flexibility index (Phi) is 3.38. The maximum absolute atomic E-state index is 5.81. The van der Waals surface area contributed by atoms with Crippen molar-refractivity contribution in [2.45, 2.75) is 20.8 Å². The van der Waals surface area contributed by atoms with Crippen LogP contribution in [0, 0.1) is 6.92 Å². The summed E-state index contributed by atoms with van der Waals surface area (Å²) < 4.78 is 0. The quantitative estimate of drug-likeness (QED) is 0.650. The van der Waals surface area contributed by atoms with Gasteiger partial charge in [0.15, 0.2) is 0 Å². The van der Waals surface area contributed by atoms with Crippen LogP contribution in [0.3, 0.4) is 0 Å². The molecule has 1 aromatic heterocycles. The molecule has 0 unspecified atom stereocenters. The Balaban J connectivity index is 0.000000396. The molecule has 0 bridgehead atoms.